The number of nitrogens with one attached hydrogen (secondary N) is 1. The zero-order chi connectivity index (χ0) is 14.8. The number of hydrogen-bond donors (Lipinski definition) is 1. The summed E-state index contributed by atoms with van der Waals surface area (Å²) in [6.45, 7) is 3.35. The summed E-state index contributed by atoms with van der Waals surface area (Å²) >= 11 is 0. The minimum Gasteiger partial charge on any atom is -0.314 e. The molecule has 2 fully saturated rings. The van der Waals surface area contributed by atoms with Crippen molar-refractivity contribution in [2.45, 2.75) is 31.7 Å². The Labute approximate surface area is 147 Å². The van der Waals surface area contributed by atoms with E-state index in [1.807, 2.05) is 0 Å². The lowest BCUT2D eigenvalue weighted by molar-refractivity contribution is 0.122. The molecule has 23 heavy (non-hydrogen) atoms. The largest absolute Gasteiger partial charge is 0.314 e. The van der Waals surface area contributed by atoms with Crippen LogP contribution in [0.1, 0.15) is 37.3 Å². The van der Waals surface area contributed by atoms with Crippen molar-refractivity contribution in [1.82, 2.24) is 10.2 Å². The number of halogens is 5. The molecule has 1 heterocycles. The minimum absolute atomic E-state index is 0. The van der Waals surface area contributed by atoms with Crippen molar-refractivity contribution in [1.29, 1.82) is 0 Å². The first kappa shape index (κ1) is 20.6. The zero-order valence-corrected chi connectivity index (χ0v) is 14.5. The average molecular weight is 371 g/mol. The Bertz CT molecular complexity index is 504. The zero-order valence-electron chi connectivity index (χ0n) is 12.9. The lowest BCUT2D eigenvalue weighted by Gasteiger charge is -2.38. The van der Waals surface area contributed by atoms with E-state index in [2.05, 4.69) is 10.2 Å². The van der Waals surface area contributed by atoms with E-state index in [1.165, 1.54) is 0 Å². The first-order chi connectivity index (χ1) is 10.2. The van der Waals surface area contributed by atoms with Crippen molar-refractivity contribution in [3.05, 3.63) is 35.1 Å². The van der Waals surface area contributed by atoms with Crippen LogP contribution in [0, 0.1) is 23.4 Å². The fraction of sp³-hybridized carbons (Fsp3) is 0.625. The highest BCUT2D eigenvalue weighted by atomic mass is 35.5. The molecule has 1 atom stereocenters. The van der Waals surface area contributed by atoms with Gasteiger partial charge in [-0.3, -0.25) is 4.90 Å². The average Bonchev–Trinajstić information content (AvgIpc) is 3.00. The maximum atomic E-state index is 14.2. The normalized spacial score (nSPS) is 20.7. The Morgan fingerprint density at radius 1 is 0.913 bits per heavy atom. The summed E-state index contributed by atoms with van der Waals surface area (Å²) in [5.41, 5.74) is 0.322. The lowest BCUT2D eigenvalue weighted by Crippen LogP contribution is -2.47. The number of rotatable bonds is 3. The molecule has 1 aromatic rings. The van der Waals surface area contributed by atoms with Crippen molar-refractivity contribution in [3.8, 4) is 0 Å². The Hall–Kier alpha value is -0.490. The summed E-state index contributed by atoms with van der Waals surface area (Å²) in [4.78, 5) is 2.22. The molecule has 132 valence electrons. The number of nitrogens with zero attached hydrogens (tertiary/aromatic N) is 1. The number of piperazine rings is 1. The molecule has 0 amide bonds. The molecule has 2 aliphatic rings. The molecule has 1 saturated carbocycles. The molecule has 1 aromatic carbocycles. The number of hydrogen-bond acceptors (Lipinski definition) is 2. The Kier molecular flexibility index (Phi) is 8.14. The van der Waals surface area contributed by atoms with Gasteiger partial charge in [-0.2, -0.15) is 0 Å². The first-order valence-corrected chi connectivity index (χ1v) is 7.76. The van der Waals surface area contributed by atoms with E-state index in [4.69, 9.17) is 0 Å². The highest BCUT2D eigenvalue weighted by Crippen LogP contribution is 2.40. The summed E-state index contributed by atoms with van der Waals surface area (Å²) in [6.07, 6.45) is 4.34. The van der Waals surface area contributed by atoms with Gasteiger partial charge in [-0.15, -0.1) is 24.8 Å². The molecule has 0 bridgehead atoms. The predicted octanol–water partition coefficient (Wildman–Crippen LogP) is 4.08. The minimum atomic E-state index is -1.11. The molecule has 0 unspecified atom stereocenters. The van der Waals surface area contributed by atoms with E-state index in [0.717, 1.165) is 57.9 Å². The van der Waals surface area contributed by atoms with Gasteiger partial charge in [0, 0.05) is 43.9 Å². The summed E-state index contributed by atoms with van der Waals surface area (Å²) in [5, 5.41) is 3.28. The Morgan fingerprint density at radius 3 is 2.09 bits per heavy atom. The van der Waals surface area contributed by atoms with Gasteiger partial charge >= 0.3 is 0 Å². The Balaban J connectivity index is 0.00000132. The second kappa shape index (κ2) is 9.11. The third-order valence-corrected chi connectivity index (χ3v) is 4.75. The number of benzene rings is 1. The van der Waals surface area contributed by atoms with Gasteiger partial charge in [0.25, 0.3) is 0 Å². The quantitative estimate of drug-likeness (QED) is 0.806. The third-order valence-electron chi connectivity index (χ3n) is 4.75. The standard InChI is InChI=1S/C16H21F3N2.2ClH/c17-13-10-15(19)14(18)9-12(13)16(11-3-1-2-4-11)21-7-5-20-6-8-21;;/h9-11,16,20H,1-8H2;2*1H/t16-;;/m1../s1. The van der Waals surface area contributed by atoms with Crippen molar-refractivity contribution >= 4 is 24.8 Å². The van der Waals surface area contributed by atoms with Gasteiger partial charge in [-0.1, -0.05) is 12.8 Å². The van der Waals surface area contributed by atoms with Crippen LogP contribution in [-0.2, 0) is 0 Å². The molecule has 7 heteroatoms. The first-order valence-electron chi connectivity index (χ1n) is 7.76. The van der Waals surface area contributed by atoms with E-state index in [1.54, 1.807) is 0 Å². The highest BCUT2D eigenvalue weighted by Gasteiger charge is 2.34. The van der Waals surface area contributed by atoms with Crippen molar-refractivity contribution in [2.75, 3.05) is 26.2 Å². The van der Waals surface area contributed by atoms with E-state index < -0.39 is 17.5 Å². The van der Waals surface area contributed by atoms with Crippen molar-refractivity contribution < 1.29 is 13.2 Å². The topological polar surface area (TPSA) is 15.3 Å². The predicted molar refractivity (Wildman–Crippen MR) is 90.0 cm³/mol. The molecule has 1 aliphatic heterocycles. The van der Waals surface area contributed by atoms with E-state index in [9.17, 15) is 13.2 Å². The molecule has 0 radical (unpaired) electrons. The smallest absolute Gasteiger partial charge is 0.161 e. The van der Waals surface area contributed by atoms with Crippen LogP contribution >= 0.6 is 24.8 Å². The fourth-order valence-corrected chi connectivity index (χ4v) is 3.75. The SMILES string of the molecule is Cl.Cl.Fc1cc(F)c([C@@H](C2CCCC2)N2CCNCC2)cc1F. The van der Waals surface area contributed by atoms with Crippen molar-refractivity contribution in [2.24, 2.45) is 5.92 Å². The summed E-state index contributed by atoms with van der Waals surface area (Å²) < 4.78 is 41.0. The molecule has 1 aliphatic carbocycles. The van der Waals surface area contributed by atoms with Crippen LogP contribution in [0.2, 0.25) is 0 Å². The monoisotopic (exact) mass is 370 g/mol. The van der Waals surface area contributed by atoms with E-state index in [-0.39, 0.29) is 30.9 Å². The van der Waals surface area contributed by atoms with Crippen LogP contribution in [0.5, 0.6) is 0 Å². The van der Waals surface area contributed by atoms with Gasteiger partial charge in [-0.05, 0) is 24.8 Å². The van der Waals surface area contributed by atoms with Gasteiger partial charge in [0.1, 0.15) is 5.82 Å². The van der Waals surface area contributed by atoms with E-state index >= 15 is 0 Å². The molecule has 1 N–H and O–H groups in total. The van der Waals surface area contributed by atoms with Gasteiger partial charge in [-0.25, -0.2) is 13.2 Å². The molecule has 2 nitrogen and oxygen atoms in total. The summed E-state index contributed by atoms with van der Waals surface area (Å²) in [6, 6.07) is 1.62. The molecule has 0 aromatic heterocycles. The van der Waals surface area contributed by atoms with Gasteiger partial charge in [0.15, 0.2) is 11.6 Å². The fourth-order valence-electron chi connectivity index (χ4n) is 3.75. The highest BCUT2D eigenvalue weighted by molar-refractivity contribution is 5.85. The van der Waals surface area contributed by atoms with Crippen LogP contribution in [0.15, 0.2) is 12.1 Å². The maximum Gasteiger partial charge on any atom is 0.161 e. The maximum absolute atomic E-state index is 14.2. The molecule has 3 rings (SSSR count). The molecule has 1 saturated heterocycles. The van der Waals surface area contributed by atoms with Gasteiger partial charge < -0.3 is 5.32 Å². The van der Waals surface area contributed by atoms with Crippen LogP contribution < -0.4 is 5.32 Å². The Morgan fingerprint density at radius 2 is 1.48 bits per heavy atom. The third kappa shape index (κ3) is 4.53. The van der Waals surface area contributed by atoms with Crippen LogP contribution in [0.3, 0.4) is 0 Å². The molecular formula is C16H23Cl2F3N2. The molecule has 0 spiro atoms. The summed E-state index contributed by atoms with van der Waals surface area (Å²) in [5.74, 6) is -2.35. The lowest BCUT2D eigenvalue weighted by atomic mass is 9.89. The van der Waals surface area contributed by atoms with Crippen LogP contribution in [0.4, 0.5) is 13.2 Å². The molecular weight excluding hydrogens is 348 g/mol. The second-order valence-electron chi connectivity index (χ2n) is 6.06. The van der Waals surface area contributed by atoms with Gasteiger partial charge in [0.05, 0.1) is 0 Å². The van der Waals surface area contributed by atoms with Gasteiger partial charge in [0.2, 0.25) is 0 Å². The summed E-state index contributed by atoms with van der Waals surface area (Å²) in [7, 11) is 0. The van der Waals surface area contributed by atoms with E-state index in [0.29, 0.717) is 17.5 Å². The van der Waals surface area contributed by atoms with Crippen molar-refractivity contribution in [3.63, 3.8) is 0 Å². The van der Waals surface area contributed by atoms with Crippen LogP contribution in [-0.4, -0.2) is 31.1 Å². The van der Waals surface area contributed by atoms with Crippen LogP contribution in [0.25, 0.3) is 0 Å². The second-order valence-corrected chi connectivity index (χ2v) is 6.06.